The van der Waals surface area contributed by atoms with Gasteiger partial charge in [-0.05, 0) is 83.5 Å². The van der Waals surface area contributed by atoms with Gasteiger partial charge in [0.2, 0.25) is 0 Å². The number of hydrogen-bond acceptors (Lipinski definition) is 11. The summed E-state index contributed by atoms with van der Waals surface area (Å²) in [6, 6.07) is 0. The van der Waals surface area contributed by atoms with Gasteiger partial charge in [-0.1, -0.05) is 236 Å². The standard InChI is InChI=1S/C65H112O12/c1-4-7-10-13-16-19-22-25-28-29-32-33-36-39-42-45-48-51-57(66)73-54-56(75-58(67)52-49-46-43-40-37-34-30-26-23-20-17-14-11-8-5-2)55-74-65-63(61(70)60(69)62(77-65)64(71)72)76-59(68)53-50-47-44-41-38-35-31-27-24-21-18-15-12-9-6-3/h7,10,16,19,25-26,28,30,32-33,56,60-63,65,69-70H,4-6,8-9,11-15,17-18,20-24,27,29,31,34-55H2,1-3H3,(H,71,72)/b10-7-,19-16-,28-25-,30-26-,33-32-. The van der Waals surface area contributed by atoms with Crippen LogP contribution in [0.2, 0.25) is 0 Å². The van der Waals surface area contributed by atoms with Gasteiger partial charge in [-0.2, -0.15) is 0 Å². The summed E-state index contributed by atoms with van der Waals surface area (Å²) >= 11 is 0. The van der Waals surface area contributed by atoms with Crippen LogP contribution in [0.15, 0.2) is 60.8 Å². The van der Waals surface area contributed by atoms with Gasteiger partial charge in [-0.3, -0.25) is 14.4 Å². The van der Waals surface area contributed by atoms with E-state index in [0.717, 1.165) is 116 Å². The van der Waals surface area contributed by atoms with E-state index in [4.69, 9.17) is 23.7 Å². The molecule has 1 rings (SSSR count). The predicted octanol–water partition coefficient (Wildman–Crippen LogP) is 16.3. The summed E-state index contributed by atoms with van der Waals surface area (Å²) in [7, 11) is 0. The van der Waals surface area contributed by atoms with Crippen LogP contribution in [-0.4, -0.2) is 89.2 Å². The fourth-order valence-corrected chi connectivity index (χ4v) is 9.30. The minimum absolute atomic E-state index is 0.0600. The third-order valence-corrected chi connectivity index (χ3v) is 14.1. The third kappa shape index (κ3) is 43.0. The highest BCUT2D eigenvalue weighted by atomic mass is 16.7. The van der Waals surface area contributed by atoms with Crippen LogP contribution in [0.3, 0.4) is 0 Å². The Morgan fingerprint density at radius 1 is 0.442 bits per heavy atom. The molecule has 77 heavy (non-hydrogen) atoms. The third-order valence-electron chi connectivity index (χ3n) is 14.1. The molecule has 0 saturated carbocycles. The number of carbonyl (C=O) groups excluding carboxylic acids is 3. The average molecular weight is 1090 g/mol. The highest BCUT2D eigenvalue weighted by molar-refractivity contribution is 5.74. The van der Waals surface area contributed by atoms with E-state index in [1.54, 1.807) is 0 Å². The fourth-order valence-electron chi connectivity index (χ4n) is 9.30. The summed E-state index contributed by atoms with van der Waals surface area (Å²) in [5.41, 5.74) is 0. The van der Waals surface area contributed by atoms with Crippen molar-refractivity contribution in [3.05, 3.63) is 60.8 Å². The van der Waals surface area contributed by atoms with Crippen molar-refractivity contribution in [3.63, 3.8) is 0 Å². The molecule has 12 nitrogen and oxygen atoms in total. The normalized spacial score (nSPS) is 18.4. The number of unbranched alkanes of at least 4 members (excludes halogenated alkanes) is 29. The minimum Gasteiger partial charge on any atom is -0.479 e. The molecule has 0 radical (unpaired) electrons. The molecule has 0 bridgehead atoms. The van der Waals surface area contributed by atoms with Gasteiger partial charge in [-0.25, -0.2) is 4.79 Å². The number of aliphatic hydroxyl groups excluding tert-OH is 2. The number of rotatable bonds is 53. The van der Waals surface area contributed by atoms with Crippen molar-refractivity contribution >= 4 is 23.9 Å². The zero-order chi connectivity index (χ0) is 56.1. The molecule has 12 heteroatoms. The molecule has 0 aliphatic carbocycles. The van der Waals surface area contributed by atoms with Gasteiger partial charge in [0.1, 0.15) is 18.8 Å². The van der Waals surface area contributed by atoms with E-state index in [-0.39, 0.29) is 25.9 Å². The number of aliphatic carboxylic acids is 1. The van der Waals surface area contributed by atoms with E-state index >= 15 is 0 Å². The van der Waals surface area contributed by atoms with Gasteiger partial charge in [-0.15, -0.1) is 0 Å². The van der Waals surface area contributed by atoms with Crippen molar-refractivity contribution in [2.24, 2.45) is 0 Å². The first-order valence-corrected chi connectivity index (χ1v) is 31.3. The molecule has 0 aromatic heterocycles. The maximum atomic E-state index is 13.2. The molecule has 6 atom stereocenters. The first-order chi connectivity index (χ1) is 37.6. The van der Waals surface area contributed by atoms with Crippen molar-refractivity contribution in [2.75, 3.05) is 13.2 Å². The molecule has 0 aromatic rings. The summed E-state index contributed by atoms with van der Waals surface area (Å²) in [4.78, 5) is 51.2. The van der Waals surface area contributed by atoms with Crippen molar-refractivity contribution < 1.29 is 58.2 Å². The lowest BCUT2D eigenvalue weighted by Gasteiger charge is -2.40. The molecular weight excluding hydrogens is 973 g/mol. The monoisotopic (exact) mass is 1080 g/mol. The van der Waals surface area contributed by atoms with Crippen LogP contribution in [0.1, 0.15) is 278 Å². The molecule has 444 valence electrons. The predicted molar refractivity (Wildman–Crippen MR) is 312 cm³/mol. The Kier molecular flexibility index (Phi) is 49.2. The molecule has 1 fully saturated rings. The van der Waals surface area contributed by atoms with Gasteiger partial charge in [0.15, 0.2) is 24.6 Å². The summed E-state index contributed by atoms with van der Waals surface area (Å²) < 4.78 is 28.5. The molecule has 0 spiro atoms. The maximum Gasteiger partial charge on any atom is 0.335 e. The van der Waals surface area contributed by atoms with Gasteiger partial charge in [0.05, 0.1) is 6.61 Å². The minimum atomic E-state index is -1.91. The van der Waals surface area contributed by atoms with Crippen LogP contribution in [0.5, 0.6) is 0 Å². The first kappa shape index (κ1) is 71.4. The van der Waals surface area contributed by atoms with Gasteiger partial charge in [0.25, 0.3) is 0 Å². The van der Waals surface area contributed by atoms with Crippen molar-refractivity contribution in [2.45, 2.75) is 314 Å². The van der Waals surface area contributed by atoms with Crippen molar-refractivity contribution in [3.8, 4) is 0 Å². The number of carbonyl (C=O) groups is 4. The van der Waals surface area contributed by atoms with Gasteiger partial charge in [0, 0.05) is 19.3 Å². The van der Waals surface area contributed by atoms with E-state index in [9.17, 15) is 34.5 Å². The van der Waals surface area contributed by atoms with E-state index in [1.807, 2.05) is 0 Å². The molecule has 3 N–H and O–H groups in total. The Balaban J connectivity index is 2.69. The topological polar surface area (TPSA) is 175 Å². The smallest absolute Gasteiger partial charge is 0.335 e. The van der Waals surface area contributed by atoms with Gasteiger partial charge >= 0.3 is 23.9 Å². The summed E-state index contributed by atoms with van der Waals surface area (Å²) in [5, 5.41) is 31.5. The maximum absolute atomic E-state index is 13.2. The summed E-state index contributed by atoms with van der Waals surface area (Å²) in [5.74, 6) is -3.14. The number of esters is 3. The van der Waals surface area contributed by atoms with E-state index in [0.29, 0.717) is 19.3 Å². The molecule has 1 saturated heterocycles. The quantitative estimate of drug-likeness (QED) is 0.0228. The molecule has 1 heterocycles. The Bertz CT molecular complexity index is 1570. The average Bonchev–Trinajstić information content (AvgIpc) is 3.42. The lowest BCUT2D eigenvalue weighted by Crippen LogP contribution is -2.61. The number of carboxylic acid groups (broad SMARTS) is 1. The first-order valence-electron chi connectivity index (χ1n) is 31.3. The fraction of sp³-hybridized carbons (Fsp3) is 0.785. The summed E-state index contributed by atoms with van der Waals surface area (Å²) in [6.07, 6.45) is 53.2. The van der Waals surface area contributed by atoms with E-state index < -0.39 is 67.3 Å². The Hall–Kier alpha value is -3.58. The van der Waals surface area contributed by atoms with Crippen LogP contribution >= 0.6 is 0 Å². The van der Waals surface area contributed by atoms with Crippen molar-refractivity contribution in [1.82, 2.24) is 0 Å². The Morgan fingerprint density at radius 3 is 1.26 bits per heavy atom. The van der Waals surface area contributed by atoms with Crippen LogP contribution in [0.4, 0.5) is 0 Å². The second kappa shape index (κ2) is 53.1. The van der Waals surface area contributed by atoms with Crippen LogP contribution in [0.25, 0.3) is 0 Å². The van der Waals surface area contributed by atoms with Crippen LogP contribution < -0.4 is 0 Å². The Morgan fingerprint density at radius 2 is 0.818 bits per heavy atom. The molecule has 1 aliphatic heterocycles. The second-order valence-corrected chi connectivity index (χ2v) is 21.3. The number of allylic oxidation sites excluding steroid dienone is 10. The number of ether oxygens (including phenoxy) is 5. The zero-order valence-electron chi connectivity index (χ0n) is 49.0. The molecule has 0 amide bonds. The number of aliphatic hydroxyl groups is 2. The lowest BCUT2D eigenvalue weighted by molar-refractivity contribution is -0.301. The zero-order valence-corrected chi connectivity index (χ0v) is 49.0. The second-order valence-electron chi connectivity index (χ2n) is 21.3. The van der Waals surface area contributed by atoms with Gasteiger partial charge < -0.3 is 39.0 Å². The lowest BCUT2D eigenvalue weighted by atomic mass is 9.98. The van der Waals surface area contributed by atoms with E-state index in [2.05, 4.69) is 81.5 Å². The van der Waals surface area contributed by atoms with Crippen LogP contribution in [-0.2, 0) is 42.9 Å². The Labute approximate surface area is 468 Å². The number of hydrogen-bond donors (Lipinski definition) is 3. The number of carboxylic acids is 1. The highest BCUT2D eigenvalue weighted by Crippen LogP contribution is 2.27. The highest BCUT2D eigenvalue weighted by Gasteiger charge is 2.50. The van der Waals surface area contributed by atoms with Crippen molar-refractivity contribution in [1.29, 1.82) is 0 Å². The largest absolute Gasteiger partial charge is 0.479 e. The molecule has 1 aliphatic rings. The summed E-state index contributed by atoms with van der Waals surface area (Å²) in [6.45, 7) is 5.87. The molecular formula is C65H112O12. The SMILES string of the molecule is CC/C=C\C/C=C\C/C=C\C/C=C\CCCCCCC(=O)OCC(COC1OC(C(=O)O)C(O)C(O)C1OC(=O)CCCCCCCCCCCCCCCCC)OC(=O)CCCCCCC/C=C\CCCCCCCC. The molecule has 0 aromatic carbocycles. The molecule has 6 unspecified atom stereocenters. The van der Waals surface area contributed by atoms with Crippen LogP contribution in [0, 0.1) is 0 Å². The van der Waals surface area contributed by atoms with E-state index in [1.165, 1.54) is 103 Å².